The highest BCUT2D eigenvalue weighted by atomic mass is 15.1. The molecule has 0 radical (unpaired) electrons. The van der Waals surface area contributed by atoms with Crippen LogP contribution in [0.25, 0.3) is 33.0 Å². The summed E-state index contributed by atoms with van der Waals surface area (Å²) in [6.45, 7) is 0. The second-order valence-electron chi connectivity index (χ2n) is 10.8. The first-order chi connectivity index (χ1) is 21.2. The van der Waals surface area contributed by atoms with Crippen molar-refractivity contribution in [2.45, 2.75) is 0 Å². The number of hydrogen-bond acceptors (Lipinski definition) is 2. The molecule has 0 saturated carbocycles. The Labute approximate surface area is 253 Å². The average molecular weight is 553 g/mol. The number of hydrogen-bond donors (Lipinski definition) is 0. The van der Waals surface area contributed by atoms with E-state index in [0.29, 0.717) is 0 Å². The van der Waals surface area contributed by atoms with Crippen LogP contribution in [0.1, 0.15) is 0 Å². The Bertz CT molecular complexity index is 1900. The van der Waals surface area contributed by atoms with Crippen LogP contribution < -0.4 is 9.80 Å². The van der Waals surface area contributed by atoms with Gasteiger partial charge in [0.05, 0.1) is 0 Å². The van der Waals surface area contributed by atoms with Gasteiger partial charge in [0.2, 0.25) is 0 Å². The molecule has 0 unspecified atom stereocenters. The standard InChI is InChI=1S/C41H32N2/c1-42(39-23-22-33-16-8-9-17-34(33)28-39)37-24-26-38(27-25-37)43(40-20-10-18-35(29-40)31-12-4-2-5-13-31)41-21-11-19-36(30-41)32-14-6-3-7-15-32/h2-30H,1H3. The lowest BCUT2D eigenvalue weighted by molar-refractivity contribution is 1.21. The van der Waals surface area contributed by atoms with Crippen LogP contribution in [0.15, 0.2) is 176 Å². The molecule has 0 amide bonds. The van der Waals surface area contributed by atoms with Gasteiger partial charge in [0.1, 0.15) is 0 Å². The summed E-state index contributed by atoms with van der Waals surface area (Å²) in [6.07, 6.45) is 0. The van der Waals surface area contributed by atoms with Crippen LogP contribution in [0.2, 0.25) is 0 Å². The molecule has 7 rings (SSSR count). The average Bonchev–Trinajstić information content (AvgIpc) is 3.09. The van der Waals surface area contributed by atoms with Crippen molar-refractivity contribution in [1.29, 1.82) is 0 Å². The van der Waals surface area contributed by atoms with Crippen LogP contribution in [-0.4, -0.2) is 7.05 Å². The van der Waals surface area contributed by atoms with Crippen LogP contribution in [0.3, 0.4) is 0 Å². The molecule has 0 spiro atoms. The van der Waals surface area contributed by atoms with Crippen molar-refractivity contribution >= 4 is 39.2 Å². The zero-order valence-electron chi connectivity index (χ0n) is 24.1. The Kier molecular flexibility index (Phi) is 7.17. The topological polar surface area (TPSA) is 6.48 Å². The van der Waals surface area contributed by atoms with Gasteiger partial charge >= 0.3 is 0 Å². The number of benzene rings is 7. The fraction of sp³-hybridized carbons (Fsp3) is 0.0244. The molecule has 206 valence electrons. The summed E-state index contributed by atoms with van der Waals surface area (Å²) < 4.78 is 0. The summed E-state index contributed by atoms with van der Waals surface area (Å²) in [6, 6.07) is 62.7. The third-order valence-corrected chi connectivity index (χ3v) is 8.04. The summed E-state index contributed by atoms with van der Waals surface area (Å²) >= 11 is 0. The highest BCUT2D eigenvalue weighted by molar-refractivity contribution is 5.87. The maximum atomic E-state index is 2.35. The van der Waals surface area contributed by atoms with Crippen LogP contribution in [0, 0.1) is 0 Å². The molecule has 7 aromatic rings. The van der Waals surface area contributed by atoms with Gasteiger partial charge in [0.25, 0.3) is 0 Å². The minimum Gasteiger partial charge on any atom is -0.345 e. The fourth-order valence-electron chi connectivity index (χ4n) is 5.72. The first-order valence-corrected chi connectivity index (χ1v) is 14.7. The van der Waals surface area contributed by atoms with E-state index in [1.165, 1.54) is 33.0 Å². The molecule has 0 aromatic heterocycles. The highest BCUT2D eigenvalue weighted by Crippen LogP contribution is 2.39. The monoisotopic (exact) mass is 552 g/mol. The molecule has 0 heterocycles. The zero-order chi connectivity index (χ0) is 29.0. The van der Waals surface area contributed by atoms with E-state index >= 15 is 0 Å². The molecule has 0 atom stereocenters. The Balaban J connectivity index is 1.29. The van der Waals surface area contributed by atoms with Crippen molar-refractivity contribution in [2.75, 3.05) is 16.8 Å². The van der Waals surface area contributed by atoms with Crippen molar-refractivity contribution in [3.63, 3.8) is 0 Å². The highest BCUT2D eigenvalue weighted by Gasteiger charge is 2.15. The second-order valence-corrected chi connectivity index (χ2v) is 10.8. The van der Waals surface area contributed by atoms with Crippen LogP contribution in [-0.2, 0) is 0 Å². The number of anilines is 5. The van der Waals surface area contributed by atoms with Crippen LogP contribution in [0.5, 0.6) is 0 Å². The molecule has 0 bridgehead atoms. The van der Waals surface area contributed by atoms with E-state index in [9.17, 15) is 0 Å². The molecule has 43 heavy (non-hydrogen) atoms. The van der Waals surface area contributed by atoms with Gasteiger partial charge in [-0.15, -0.1) is 0 Å². The molecular formula is C41H32N2. The summed E-state index contributed by atoms with van der Waals surface area (Å²) in [5.74, 6) is 0. The van der Waals surface area contributed by atoms with Crippen molar-refractivity contribution in [1.82, 2.24) is 0 Å². The van der Waals surface area contributed by atoms with Crippen molar-refractivity contribution in [3.8, 4) is 22.3 Å². The maximum absolute atomic E-state index is 2.35. The quantitative estimate of drug-likeness (QED) is 0.194. The lowest BCUT2D eigenvalue weighted by atomic mass is 10.0. The first-order valence-electron chi connectivity index (χ1n) is 14.7. The SMILES string of the molecule is CN(c1ccc(N(c2cccc(-c3ccccc3)c2)c2cccc(-c3ccccc3)c2)cc1)c1ccc2ccccc2c1. The molecule has 0 aliphatic rings. The Hall–Kier alpha value is -5.60. The van der Waals surface area contributed by atoms with Crippen molar-refractivity contribution < 1.29 is 0 Å². The molecule has 7 aromatic carbocycles. The van der Waals surface area contributed by atoms with Crippen LogP contribution >= 0.6 is 0 Å². The summed E-state index contributed by atoms with van der Waals surface area (Å²) in [7, 11) is 2.13. The Morgan fingerprint density at radius 3 is 1.35 bits per heavy atom. The smallest absolute Gasteiger partial charge is 0.0467 e. The van der Waals surface area contributed by atoms with Gasteiger partial charge in [-0.3, -0.25) is 0 Å². The summed E-state index contributed by atoms with van der Waals surface area (Å²) in [5, 5.41) is 2.49. The van der Waals surface area contributed by atoms with Gasteiger partial charge < -0.3 is 9.80 Å². The van der Waals surface area contributed by atoms with Crippen molar-refractivity contribution in [2.24, 2.45) is 0 Å². The molecule has 2 nitrogen and oxygen atoms in total. The molecule has 2 heteroatoms. The van der Waals surface area contributed by atoms with E-state index < -0.39 is 0 Å². The molecule has 0 fully saturated rings. The Morgan fingerprint density at radius 1 is 0.302 bits per heavy atom. The van der Waals surface area contributed by atoms with Gasteiger partial charge in [0.15, 0.2) is 0 Å². The third kappa shape index (κ3) is 5.51. The van der Waals surface area contributed by atoms with Gasteiger partial charge in [-0.2, -0.15) is 0 Å². The van der Waals surface area contributed by atoms with Gasteiger partial charge in [0, 0.05) is 35.5 Å². The number of fused-ring (bicyclic) bond motifs is 1. The lowest BCUT2D eigenvalue weighted by Crippen LogP contribution is -2.12. The predicted molar refractivity (Wildman–Crippen MR) is 184 cm³/mol. The van der Waals surface area contributed by atoms with E-state index in [1.54, 1.807) is 0 Å². The van der Waals surface area contributed by atoms with Crippen molar-refractivity contribution in [3.05, 3.63) is 176 Å². The zero-order valence-corrected chi connectivity index (χ0v) is 24.1. The minimum absolute atomic E-state index is 1.10. The minimum atomic E-state index is 1.10. The normalized spacial score (nSPS) is 10.9. The largest absolute Gasteiger partial charge is 0.345 e. The predicted octanol–water partition coefficient (Wildman–Crippen LogP) is 11.4. The van der Waals surface area contributed by atoms with E-state index in [2.05, 4.69) is 193 Å². The van der Waals surface area contributed by atoms with Gasteiger partial charge in [-0.25, -0.2) is 0 Å². The number of nitrogens with zero attached hydrogens (tertiary/aromatic N) is 2. The third-order valence-electron chi connectivity index (χ3n) is 8.04. The fourth-order valence-corrected chi connectivity index (χ4v) is 5.72. The molecule has 0 saturated heterocycles. The lowest BCUT2D eigenvalue weighted by Gasteiger charge is -2.27. The van der Waals surface area contributed by atoms with Gasteiger partial charge in [-0.1, -0.05) is 115 Å². The molecule has 0 aliphatic carbocycles. The van der Waals surface area contributed by atoms with E-state index in [-0.39, 0.29) is 0 Å². The van der Waals surface area contributed by atoms with E-state index in [1.807, 2.05) is 0 Å². The summed E-state index contributed by atoms with van der Waals surface area (Å²) in [4.78, 5) is 4.59. The molecular weight excluding hydrogens is 520 g/mol. The second kappa shape index (κ2) is 11.7. The maximum Gasteiger partial charge on any atom is 0.0467 e. The summed E-state index contributed by atoms with van der Waals surface area (Å²) in [5.41, 5.74) is 10.4. The van der Waals surface area contributed by atoms with E-state index in [0.717, 1.165) is 28.4 Å². The first kappa shape index (κ1) is 26.3. The number of rotatable bonds is 7. The van der Waals surface area contributed by atoms with Gasteiger partial charge in [-0.05, 0) is 93.7 Å². The molecule has 0 N–H and O–H groups in total. The Morgan fingerprint density at radius 2 is 0.767 bits per heavy atom. The van der Waals surface area contributed by atoms with E-state index in [4.69, 9.17) is 0 Å². The van der Waals surface area contributed by atoms with Crippen LogP contribution in [0.4, 0.5) is 28.4 Å². The molecule has 0 aliphatic heterocycles.